The molecule has 1 N–H and O–H groups in total. The first kappa shape index (κ1) is 19.5. The first-order valence-electron chi connectivity index (χ1n) is 9.05. The first-order valence-corrected chi connectivity index (χ1v) is 9.05. The molecule has 2 amide bonds. The van der Waals surface area contributed by atoms with Crippen LogP contribution in [0.4, 0.5) is 5.69 Å². The number of benzene rings is 2. The molecule has 0 aliphatic carbocycles. The molecular weight excluding hydrogens is 356 g/mol. The highest BCUT2D eigenvalue weighted by atomic mass is 16.5. The Labute approximate surface area is 164 Å². The lowest BCUT2D eigenvalue weighted by Crippen LogP contribution is -2.38. The van der Waals surface area contributed by atoms with Gasteiger partial charge in [0.1, 0.15) is 5.70 Å². The normalized spacial score (nSPS) is 14.1. The minimum absolute atomic E-state index is 0.257. The molecule has 1 heterocycles. The molecule has 0 unspecified atom stereocenters. The number of hydrogen-bond donors (Lipinski definition) is 1. The SMILES string of the molecule is COc1ccc(C2=C(Nc3cccc(C)c3)C(=O)N(C(C)C)C2=O)cc1OC. The zero-order chi connectivity index (χ0) is 20.4. The predicted octanol–water partition coefficient (Wildman–Crippen LogP) is 3.61. The van der Waals surface area contributed by atoms with Crippen molar-refractivity contribution in [2.75, 3.05) is 19.5 Å². The molecule has 146 valence electrons. The van der Waals surface area contributed by atoms with Crippen LogP contribution in [0.5, 0.6) is 11.5 Å². The highest BCUT2D eigenvalue weighted by Crippen LogP contribution is 2.36. The number of amides is 2. The third kappa shape index (κ3) is 3.45. The first-order chi connectivity index (χ1) is 13.4. The minimum Gasteiger partial charge on any atom is -0.493 e. The third-order valence-corrected chi connectivity index (χ3v) is 4.59. The second-order valence-electron chi connectivity index (χ2n) is 6.89. The van der Waals surface area contributed by atoms with E-state index in [9.17, 15) is 9.59 Å². The Morgan fingerprint density at radius 2 is 1.64 bits per heavy atom. The number of ether oxygens (including phenoxy) is 2. The summed E-state index contributed by atoms with van der Waals surface area (Å²) in [7, 11) is 3.08. The molecule has 2 aromatic rings. The van der Waals surface area contributed by atoms with Gasteiger partial charge in [0.25, 0.3) is 11.8 Å². The molecule has 28 heavy (non-hydrogen) atoms. The van der Waals surface area contributed by atoms with Crippen molar-refractivity contribution in [1.29, 1.82) is 0 Å². The summed E-state index contributed by atoms with van der Waals surface area (Å²) in [6, 6.07) is 12.6. The molecule has 0 saturated carbocycles. The molecule has 2 aromatic carbocycles. The van der Waals surface area contributed by atoms with Crippen molar-refractivity contribution in [2.45, 2.75) is 26.8 Å². The van der Waals surface area contributed by atoms with E-state index in [1.54, 1.807) is 25.3 Å². The predicted molar refractivity (Wildman–Crippen MR) is 108 cm³/mol. The van der Waals surface area contributed by atoms with Gasteiger partial charge in [-0.15, -0.1) is 0 Å². The van der Waals surface area contributed by atoms with E-state index in [1.807, 2.05) is 45.0 Å². The highest BCUT2D eigenvalue weighted by Gasteiger charge is 2.40. The Morgan fingerprint density at radius 3 is 2.25 bits per heavy atom. The van der Waals surface area contributed by atoms with E-state index in [1.165, 1.54) is 12.0 Å². The number of imide groups is 1. The van der Waals surface area contributed by atoms with Gasteiger partial charge in [-0.1, -0.05) is 18.2 Å². The second-order valence-corrected chi connectivity index (χ2v) is 6.89. The number of carbonyl (C=O) groups excluding carboxylic acids is 2. The summed E-state index contributed by atoms with van der Waals surface area (Å²) in [5, 5.41) is 3.16. The van der Waals surface area contributed by atoms with Crippen molar-refractivity contribution in [3.8, 4) is 11.5 Å². The summed E-state index contributed by atoms with van der Waals surface area (Å²) in [4.78, 5) is 27.4. The van der Waals surface area contributed by atoms with Gasteiger partial charge in [-0.2, -0.15) is 0 Å². The standard InChI is InChI=1S/C22H24N2O4/c1-13(2)24-21(25)19(15-9-10-17(27-4)18(12-15)28-5)20(22(24)26)23-16-8-6-7-14(3)11-16/h6-13,23H,1-5H3. The fourth-order valence-corrected chi connectivity index (χ4v) is 3.26. The van der Waals surface area contributed by atoms with Crippen molar-refractivity contribution in [3.63, 3.8) is 0 Å². The second kappa shape index (κ2) is 7.76. The van der Waals surface area contributed by atoms with Crippen molar-refractivity contribution in [1.82, 2.24) is 4.90 Å². The van der Waals surface area contributed by atoms with Crippen molar-refractivity contribution < 1.29 is 19.1 Å². The fourth-order valence-electron chi connectivity index (χ4n) is 3.26. The molecule has 3 rings (SSSR count). The Kier molecular flexibility index (Phi) is 5.40. The zero-order valence-corrected chi connectivity index (χ0v) is 16.7. The van der Waals surface area contributed by atoms with Crippen LogP contribution in [0.15, 0.2) is 48.2 Å². The third-order valence-electron chi connectivity index (χ3n) is 4.59. The van der Waals surface area contributed by atoms with Crippen molar-refractivity contribution in [2.24, 2.45) is 0 Å². The average molecular weight is 380 g/mol. The van der Waals surface area contributed by atoms with Crippen molar-refractivity contribution in [3.05, 3.63) is 59.3 Å². The zero-order valence-electron chi connectivity index (χ0n) is 16.7. The molecule has 6 heteroatoms. The average Bonchev–Trinajstić information content (AvgIpc) is 2.91. The Bertz CT molecular complexity index is 963. The number of nitrogens with zero attached hydrogens (tertiary/aromatic N) is 1. The smallest absolute Gasteiger partial charge is 0.278 e. The molecule has 0 fully saturated rings. The summed E-state index contributed by atoms with van der Waals surface area (Å²) in [5.41, 5.74) is 2.97. The van der Waals surface area contributed by atoms with Gasteiger partial charge in [0.15, 0.2) is 11.5 Å². The minimum atomic E-state index is -0.341. The number of carbonyl (C=O) groups is 2. The Morgan fingerprint density at radius 1 is 0.929 bits per heavy atom. The Balaban J connectivity index is 2.14. The maximum Gasteiger partial charge on any atom is 0.278 e. The molecule has 1 aliphatic rings. The number of rotatable bonds is 6. The van der Waals surface area contributed by atoms with Gasteiger partial charge in [0.05, 0.1) is 19.8 Å². The fraction of sp³-hybridized carbons (Fsp3) is 0.273. The van der Waals surface area contributed by atoms with Gasteiger partial charge >= 0.3 is 0 Å². The maximum atomic E-state index is 13.1. The molecule has 0 aromatic heterocycles. The lowest BCUT2D eigenvalue weighted by atomic mass is 10.0. The molecule has 0 radical (unpaired) electrons. The van der Waals surface area contributed by atoms with Crippen LogP contribution in [0, 0.1) is 6.92 Å². The molecule has 0 bridgehead atoms. The van der Waals surface area contributed by atoms with Crippen LogP contribution in [0.25, 0.3) is 5.57 Å². The molecule has 6 nitrogen and oxygen atoms in total. The Hall–Kier alpha value is -3.28. The van der Waals surface area contributed by atoms with E-state index in [0.717, 1.165) is 11.3 Å². The number of anilines is 1. The summed E-state index contributed by atoms with van der Waals surface area (Å²) in [6.45, 7) is 5.60. The maximum absolute atomic E-state index is 13.1. The number of methoxy groups -OCH3 is 2. The lowest BCUT2D eigenvalue weighted by molar-refractivity contribution is -0.138. The van der Waals surface area contributed by atoms with Crippen LogP contribution in [0.2, 0.25) is 0 Å². The molecule has 1 aliphatic heterocycles. The molecule has 0 atom stereocenters. The summed E-state index contributed by atoms with van der Waals surface area (Å²) < 4.78 is 10.6. The van der Waals surface area contributed by atoms with E-state index < -0.39 is 0 Å². The molecule has 0 saturated heterocycles. The van der Waals surface area contributed by atoms with E-state index in [0.29, 0.717) is 22.6 Å². The van der Waals surface area contributed by atoms with Crippen LogP contribution in [-0.4, -0.2) is 37.0 Å². The summed E-state index contributed by atoms with van der Waals surface area (Å²) in [6.07, 6.45) is 0. The van der Waals surface area contributed by atoms with Gasteiger partial charge in [-0.25, -0.2) is 0 Å². The van der Waals surface area contributed by atoms with Crippen LogP contribution < -0.4 is 14.8 Å². The van der Waals surface area contributed by atoms with Crippen LogP contribution in [0.3, 0.4) is 0 Å². The topological polar surface area (TPSA) is 67.9 Å². The highest BCUT2D eigenvalue weighted by molar-refractivity contribution is 6.36. The number of nitrogens with one attached hydrogen (secondary N) is 1. The molecule has 0 spiro atoms. The van der Waals surface area contributed by atoms with Crippen molar-refractivity contribution >= 4 is 23.1 Å². The summed E-state index contributed by atoms with van der Waals surface area (Å²) >= 11 is 0. The van der Waals surface area contributed by atoms with Gasteiger partial charge in [-0.3, -0.25) is 14.5 Å². The van der Waals surface area contributed by atoms with E-state index in [-0.39, 0.29) is 23.6 Å². The molecular formula is C22H24N2O4. The van der Waals surface area contributed by atoms with Gasteiger partial charge < -0.3 is 14.8 Å². The summed E-state index contributed by atoms with van der Waals surface area (Å²) in [5.74, 6) is 0.372. The van der Waals surface area contributed by atoms with Gasteiger partial charge in [0.2, 0.25) is 0 Å². The number of hydrogen-bond acceptors (Lipinski definition) is 5. The van der Waals surface area contributed by atoms with Crippen LogP contribution >= 0.6 is 0 Å². The lowest BCUT2D eigenvalue weighted by Gasteiger charge is -2.19. The largest absolute Gasteiger partial charge is 0.493 e. The van der Waals surface area contributed by atoms with Crippen LogP contribution in [-0.2, 0) is 9.59 Å². The number of aryl methyl sites for hydroxylation is 1. The monoisotopic (exact) mass is 380 g/mol. The van der Waals surface area contributed by atoms with Gasteiger partial charge in [0, 0.05) is 11.7 Å². The van der Waals surface area contributed by atoms with E-state index >= 15 is 0 Å². The van der Waals surface area contributed by atoms with E-state index in [2.05, 4.69) is 5.32 Å². The van der Waals surface area contributed by atoms with Crippen LogP contribution in [0.1, 0.15) is 25.0 Å². The van der Waals surface area contributed by atoms with E-state index in [4.69, 9.17) is 9.47 Å². The van der Waals surface area contributed by atoms with Gasteiger partial charge in [-0.05, 0) is 56.2 Å². The quantitative estimate of drug-likeness (QED) is 0.776.